The van der Waals surface area contributed by atoms with Gasteiger partial charge in [-0.2, -0.15) is 13.2 Å². The maximum atomic E-state index is 12.4. The summed E-state index contributed by atoms with van der Waals surface area (Å²) in [5, 5.41) is 9.08. The Morgan fingerprint density at radius 3 is 2.39 bits per heavy atom. The average Bonchev–Trinajstić information content (AvgIpc) is 2.72. The number of fused-ring (bicyclic) bond motifs is 1. The van der Waals surface area contributed by atoms with Crippen LogP contribution >= 0.6 is 0 Å². The van der Waals surface area contributed by atoms with Gasteiger partial charge in [0.2, 0.25) is 0 Å². The zero-order valence-corrected chi connectivity index (χ0v) is 9.48. The van der Waals surface area contributed by atoms with E-state index in [1.54, 1.807) is 0 Å². The van der Waals surface area contributed by atoms with E-state index >= 15 is 0 Å². The van der Waals surface area contributed by atoms with Crippen molar-refractivity contribution in [2.24, 2.45) is 0 Å². The van der Waals surface area contributed by atoms with E-state index in [-0.39, 0.29) is 6.54 Å². The number of rotatable bonds is 1. The Bertz CT molecular complexity index is 372. The summed E-state index contributed by atoms with van der Waals surface area (Å²) in [4.78, 5) is 24.7. The fourth-order valence-corrected chi connectivity index (χ4v) is 2.76. The quantitative estimate of drug-likeness (QED) is 0.742. The first-order valence-corrected chi connectivity index (χ1v) is 5.67. The van der Waals surface area contributed by atoms with E-state index in [0.29, 0.717) is 24.4 Å². The number of carbonyl (C=O) groups is 2. The van der Waals surface area contributed by atoms with Gasteiger partial charge >= 0.3 is 18.1 Å². The first-order valence-electron chi connectivity index (χ1n) is 5.67. The molecule has 0 aliphatic carbocycles. The summed E-state index contributed by atoms with van der Waals surface area (Å²) in [6.07, 6.45) is -3.75. The monoisotopic (exact) mass is 266 g/mol. The lowest BCUT2D eigenvalue weighted by Crippen LogP contribution is -2.63. The number of hydrogen-bond acceptors (Lipinski definition) is 3. The van der Waals surface area contributed by atoms with Gasteiger partial charge in [0.15, 0.2) is 0 Å². The van der Waals surface area contributed by atoms with Crippen LogP contribution in [-0.4, -0.2) is 64.7 Å². The molecule has 2 rings (SSSR count). The summed E-state index contributed by atoms with van der Waals surface area (Å²) in [7, 11) is 0. The van der Waals surface area contributed by atoms with E-state index in [1.165, 1.54) is 0 Å². The third-order valence-electron chi connectivity index (χ3n) is 3.50. The van der Waals surface area contributed by atoms with Crippen LogP contribution in [0.1, 0.15) is 12.8 Å². The molecule has 0 aromatic heterocycles. The van der Waals surface area contributed by atoms with Crippen LogP contribution < -0.4 is 0 Å². The predicted molar refractivity (Wildman–Crippen MR) is 53.8 cm³/mol. The molecule has 2 saturated heterocycles. The highest BCUT2D eigenvalue weighted by Gasteiger charge is 2.51. The van der Waals surface area contributed by atoms with Gasteiger partial charge in [-0.1, -0.05) is 0 Å². The zero-order valence-electron chi connectivity index (χ0n) is 9.48. The van der Waals surface area contributed by atoms with Gasteiger partial charge < -0.3 is 10.0 Å². The molecule has 0 aromatic rings. The third-order valence-corrected chi connectivity index (χ3v) is 3.50. The summed E-state index contributed by atoms with van der Waals surface area (Å²) in [6, 6.07) is -1.89. The van der Waals surface area contributed by atoms with Crippen LogP contribution in [0.5, 0.6) is 0 Å². The van der Waals surface area contributed by atoms with E-state index in [4.69, 9.17) is 5.11 Å². The number of hydrogen-bond donors (Lipinski definition) is 1. The molecule has 2 heterocycles. The van der Waals surface area contributed by atoms with Gasteiger partial charge in [-0.3, -0.25) is 9.69 Å². The van der Waals surface area contributed by atoms with E-state index in [0.717, 1.165) is 6.42 Å². The summed E-state index contributed by atoms with van der Waals surface area (Å²) >= 11 is 0. The molecule has 0 bridgehead atoms. The molecule has 2 aliphatic heterocycles. The van der Waals surface area contributed by atoms with Crippen LogP contribution in [0, 0.1) is 0 Å². The molecule has 0 aromatic carbocycles. The van der Waals surface area contributed by atoms with Gasteiger partial charge in [0, 0.05) is 19.1 Å². The topological polar surface area (TPSA) is 60.9 Å². The molecular formula is C10H13F3N2O3. The van der Waals surface area contributed by atoms with Gasteiger partial charge in [0.05, 0.1) is 0 Å². The number of nitrogens with zero attached hydrogens (tertiary/aromatic N) is 2. The second-order valence-electron chi connectivity index (χ2n) is 4.52. The number of piperazine rings is 1. The van der Waals surface area contributed by atoms with Crippen molar-refractivity contribution in [2.75, 3.05) is 19.6 Å². The maximum absolute atomic E-state index is 12.4. The maximum Gasteiger partial charge on any atom is 0.471 e. The van der Waals surface area contributed by atoms with E-state index < -0.39 is 30.1 Å². The van der Waals surface area contributed by atoms with Gasteiger partial charge in [0.25, 0.3) is 0 Å². The van der Waals surface area contributed by atoms with Crippen LogP contribution in [-0.2, 0) is 9.59 Å². The van der Waals surface area contributed by atoms with Crippen molar-refractivity contribution in [3.8, 4) is 0 Å². The van der Waals surface area contributed by atoms with Gasteiger partial charge in [-0.05, 0) is 19.4 Å². The second kappa shape index (κ2) is 4.42. The molecule has 2 unspecified atom stereocenters. The SMILES string of the molecule is O=C(O)C1C2CCCN2CCN1C(=O)C(F)(F)F. The fourth-order valence-electron chi connectivity index (χ4n) is 2.76. The predicted octanol–water partition coefficient (Wildman–Crippen LogP) is 0.308. The minimum atomic E-state index is -5.02. The average molecular weight is 266 g/mol. The molecule has 5 nitrogen and oxygen atoms in total. The molecule has 0 spiro atoms. The van der Waals surface area contributed by atoms with Crippen molar-refractivity contribution in [2.45, 2.75) is 31.1 Å². The van der Waals surface area contributed by atoms with Crippen LogP contribution in [0.3, 0.4) is 0 Å². The summed E-state index contributed by atoms with van der Waals surface area (Å²) in [6.45, 7) is 0.796. The Labute approximate surface area is 101 Å². The summed E-state index contributed by atoms with van der Waals surface area (Å²) < 4.78 is 37.2. The van der Waals surface area contributed by atoms with Crippen LogP contribution in [0.15, 0.2) is 0 Å². The first kappa shape index (κ1) is 13.1. The number of carbonyl (C=O) groups excluding carboxylic acids is 1. The molecule has 2 atom stereocenters. The second-order valence-corrected chi connectivity index (χ2v) is 4.52. The normalized spacial score (nSPS) is 29.2. The number of amides is 1. The minimum absolute atomic E-state index is 0.189. The largest absolute Gasteiger partial charge is 0.480 e. The number of carboxylic acids is 1. The molecular weight excluding hydrogens is 253 g/mol. The van der Waals surface area contributed by atoms with Gasteiger partial charge in [0.1, 0.15) is 6.04 Å². The molecule has 102 valence electrons. The summed E-state index contributed by atoms with van der Waals surface area (Å²) in [5.41, 5.74) is 0. The molecule has 0 saturated carbocycles. The lowest BCUT2D eigenvalue weighted by molar-refractivity contribution is -0.193. The fraction of sp³-hybridized carbons (Fsp3) is 0.800. The lowest BCUT2D eigenvalue weighted by Gasteiger charge is -2.42. The Kier molecular flexibility index (Phi) is 3.22. The lowest BCUT2D eigenvalue weighted by atomic mass is 10.0. The highest BCUT2D eigenvalue weighted by atomic mass is 19.4. The Morgan fingerprint density at radius 1 is 1.17 bits per heavy atom. The molecule has 1 amide bonds. The number of alkyl halides is 3. The van der Waals surface area contributed by atoms with E-state index in [9.17, 15) is 22.8 Å². The third kappa shape index (κ3) is 2.16. The minimum Gasteiger partial charge on any atom is -0.480 e. The molecule has 2 aliphatic rings. The van der Waals surface area contributed by atoms with Crippen LogP contribution in [0.4, 0.5) is 13.2 Å². The van der Waals surface area contributed by atoms with Crippen molar-refractivity contribution in [3.05, 3.63) is 0 Å². The van der Waals surface area contributed by atoms with Gasteiger partial charge in [-0.15, -0.1) is 0 Å². The highest BCUT2D eigenvalue weighted by molar-refractivity contribution is 5.87. The Morgan fingerprint density at radius 2 is 1.83 bits per heavy atom. The van der Waals surface area contributed by atoms with Crippen molar-refractivity contribution < 1.29 is 27.9 Å². The molecule has 8 heteroatoms. The Hall–Kier alpha value is -1.31. The van der Waals surface area contributed by atoms with Gasteiger partial charge in [-0.25, -0.2) is 4.79 Å². The number of carboxylic acid groups (broad SMARTS) is 1. The van der Waals surface area contributed by atoms with Crippen molar-refractivity contribution >= 4 is 11.9 Å². The van der Waals surface area contributed by atoms with Crippen molar-refractivity contribution in [1.29, 1.82) is 0 Å². The molecule has 0 radical (unpaired) electrons. The van der Waals surface area contributed by atoms with Crippen molar-refractivity contribution in [1.82, 2.24) is 9.80 Å². The standard InChI is InChI=1S/C10H13F3N2O3/c11-10(12,13)9(18)15-5-4-14-3-1-2-6(14)7(15)8(16)17/h6-7H,1-5H2,(H,16,17). The number of halogens is 3. The van der Waals surface area contributed by atoms with E-state index in [1.807, 2.05) is 4.90 Å². The summed E-state index contributed by atoms with van der Waals surface area (Å²) in [5.74, 6) is -3.43. The number of aliphatic carboxylic acids is 1. The van der Waals surface area contributed by atoms with Crippen molar-refractivity contribution in [3.63, 3.8) is 0 Å². The van der Waals surface area contributed by atoms with Crippen LogP contribution in [0.2, 0.25) is 0 Å². The Balaban J connectivity index is 2.24. The smallest absolute Gasteiger partial charge is 0.471 e. The molecule has 2 fully saturated rings. The van der Waals surface area contributed by atoms with E-state index in [2.05, 4.69) is 0 Å². The van der Waals surface area contributed by atoms with Crippen LogP contribution in [0.25, 0.3) is 0 Å². The molecule has 1 N–H and O–H groups in total. The molecule has 18 heavy (non-hydrogen) atoms. The highest BCUT2D eigenvalue weighted by Crippen LogP contribution is 2.30. The zero-order chi connectivity index (χ0) is 13.5. The first-order chi connectivity index (χ1) is 8.32.